The first-order chi connectivity index (χ1) is 16.0. The average Bonchev–Trinajstić information content (AvgIpc) is 3.00. The zero-order valence-electron chi connectivity index (χ0n) is 19.7. The zero-order valence-corrected chi connectivity index (χ0v) is 19.7. The predicted molar refractivity (Wildman–Crippen MR) is 125 cm³/mol. The second-order valence-electron chi connectivity index (χ2n) is 8.17. The number of ether oxygens (including phenoxy) is 2. The SMILES string of the molecule is COc1cc(/C=C/C(=O)NCCC(=O)N2CCCCCC2)ccc1OCc1c(C)noc1C. The summed E-state index contributed by atoms with van der Waals surface area (Å²) in [4.78, 5) is 26.4. The Morgan fingerprint density at radius 3 is 2.58 bits per heavy atom. The minimum Gasteiger partial charge on any atom is -0.493 e. The van der Waals surface area contributed by atoms with Crippen molar-refractivity contribution in [3.63, 3.8) is 0 Å². The number of carbonyl (C=O) groups excluding carboxylic acids is 2. The van der Waals surface area contributed by atoms with Crippen molar-refractivity contribution in [3.8, 4) is 11.5 Å². The van der Waals surface area contributed by atoms with Gasteiger partial charge in [-0.2, -0.15) is 0 Å². The first-order valence-electron chi connectivity index (χ1n) is 11.4. The molecule has 0 aliphatic carbocycles. The lowest BCUT2D eigenvalue weighted by molar-refractivity contribution is -0.131. The number of nitrogens with one attached hydrogen (secondary N) is 1. The molecule has 0 atom stereocenters. The van der Waals surface area contributed by atoms with Crippen LogP contribution in [0.15, 0.2) is 28.8 Å². The molecule has 0 radical (unpaired) electrons. The molecule has 3 rings (SSSR count). The van der Waals surface area contributed by atoms with Crippen LogP contribution in [0.3, 0.4) is 0 Å². The highest BCUT2D eigenvalue weighted by Crippen LogP contribution is 2.30. The zero-order chi connectivity index (χ0) is 23.6. The third-order valence-corrected chi connectivity index (χ3v) is 5.76. The molecular weight excluding hydrogens is 422 g/mol. The molecule has 1 N–H and O–H groups in total. The van der Waals surface area contributed by atoms with Crippen LogP contribution >= 0.6 is 0 Å². The molecule has 178 valence electrons. The maximum absolute atomic E-state index is 12.3. The van der Waals surface area contributed by atoms with Crippen molar-refractivity contribution >= 4 is 17.9 Å². The van der Waals surface area contributed by atoms with Gasteiger partial charge in [-0.05, 0) is 50.5 Å². The molecule has 2 aromatic rings. The van der Waals surface area contributed by atoms with Crippen molar-refractivity contribution in [1.82, 2.24) is 15.4 Å². The quantitative estimate of drug-likeness (QED) is 0.578. The Bertz CT molecular complexity index is 955. The van der Waals surface area contributed by atoms with Crippen LogP contribution in [0, 0.1) is 13.8 Å². The van der Waals surface area contributed by atoms with Gasteiger partial charge in [0, 0.05) is 32.1 Å². The molecule has 2 amide bonds. The van der Waals surface area contributed by atoms with Crippen LogP contribution in [0.1, 0.15) is 54.7 Å². The lowest BCUT2D eigenvalue weighted by Crippen LogP contribution is -2.34. The van der Waals surface area contributed by atoms with Gasteiger partial charge in [0.2, 0.25) is 11.8 Å². The Labute approximate surface area is 194 Å². The highest BCUT2D eigenvalue weighted by atomic mass is 16.5. The van der Waals surface area contributed by atoms with Crippen molar-refractivity contribution in [2.24, 2.45) is 0 Å². The molecule has 0 spiro atoms. The monoisotopic (exact) mass is 455 g/mol. The van der Waals surface area contributed by atoms with E-state index < -0.39 is 0 Å². The fourth-order valence-corrected chi connectivity index (χ4v) is 3.77. The second kappa shape index (κ2) is 12.1. The topological polar surface area (TPSA) is 93.9 Å². The third kappa shape index (κ3) is 7.10. The lowest BCUT2D eigenvalue weighted by Gasteiger charge is -2.20. The molecule has 1 aromatic carbocycles. The normalized spacial score (nSPS) is 14.2. The van der Waals surface area contributed by atoms with E-state index in [0.717, 1.165) is 48.5 Å². The molecule has 33 heavy (non-hydrogen) atoms. The first kappa shape index (κ1) is 24.4. The maximum Gasteiger partial charge on any atom is 0.244 e. The molecular formula is C25H33N3O5. The summed E-state index contributed by atoms with van der Waals surface area (Å²) >= 11 is 0. The third-order valence-electron chi connectivity index (χ3n) is 5.76. The molecule has 1 aliphatic heterocycles. The van der Waals surface area contributed by atoms with Crippen LogP contribution < -0.4 is 14.8 Å². The summed E-state index contributed by atoms with van der Waals surface area (Å²) in [6.07, 6.45) is 7.98. The van der Waals surface area contributed by atoms with Gasteiger partial charge in [-0.3, -0.25) is 9.59 Å². The van der Waals surface area contributed by atoms with Gasteiger partial charge >= 0.3 is 0 Å². The summed E-state index contributed by atoms with van der Waals surface area (Å²) in [6.45, 7) is 6.02. The minimum atomic E-state index is -0.239. The Balaban J connectivity index is 1.48. The van der Waals surface area contributed by atoms with Gasteiger partial charge in [-0.1, -0.05) is 24.1 Å². The number of methoxy groups -OCH3 is 1. The number of carbonyl (C=O) groups is 2. The maximum atomic E-state index is 12.3. The van der Waals surface area contributed by atoms with Gasteiger partial charge in [0.15, 0.2) is 11.5 Å². The molecule has 8 nitrogen and oxygen atoms in total. The van der Waals surface area contributed by atoms with Crippen molar-refractivity contribution in [1.29, 1.82) is 0 Å². The van der Waals surface area contributed by atoms with E-state index in [1.54, 1.807) is 25.3 Å². The van der Waals surface area contributed by atoms with E-state index in [-0.39, 0.29) is 11.8 Å². The van der Waals surface area contributed by atoms with Crippen molar-refractivity contribution in [3.05, 3.63) is 46.9 Å². The van der Waals surface area contributed by atoms with Gasteiger partial charge in [-0.25, -0.2) is 0 Å². The van der Waals surface area contributed by atoms with Crippen LogP contribution in [0.5, 0.6) is 11.5 Å². The Morgan fingerprint density at radius 1 is 1.15 bits per heavy atom. The standard InChI is InChI=1S/C25H33N3O5/c1-18-21(19(2)33-27-18)17-32-22-10-8-20(16-23(22)31-3)9-11-24(29)26-13-12-25(30)28-14-6-4-5-7-15-28/h8-11,16H,4-7,12-15,17H2,1-3H3,(H,26,29)/b11-9+. The number of hydrogen-bond acceptors (Lipinski definition) is 6. The number of nitrogens with zero attached hydrogens (tertiary/aromatic N) is 2. The van der Waals surface area contributed by atoms with Crippen molar-refractivity contribution in [2.45, 2.75) is 52.6 Å². The van der Waals surface area contributed by atoms with E-state index in [1.807, 2.05) is 24.8 Å². The number of amides is 2. The Kier molecular flexibility index (Phi) is 8.92. The fourth-order valence-electron chi connectivity index (χ4n) is 3.77. The van der Waals surface area contributed by atoms with Crippen molar-refractivity contribution in [2.75, 3.05) is 26.7 Å². The van der Waals surface area contributed by atoms with Gasteiger partial charge in [0.25, 0.3) is 0 Å². The summed E-state index contributed by atoms with van der Waals surface area (Å²) in [6, 6.07) is 5.45. The highest BCUT2D eigenvalue weighted by Gasteiger charge is 2.15. The number of aromatic nitrogens is 1. The average molecular weight is 456 g/mol. The lowest BCUT2D eigenvalue weighted by atomic mass is 10.2. The fraction of sp³-hybridized carbons (Fsp3) is 0.480. The molecule has 1 aromatic heterocycles. The second-order valence-corrected chi connectivity index (χ2v) is 8.17. The van der Waals surface area contributed by atoms with Gasteiger partial charge in [0.05, 0.1) is 18.4 Å². The van der Waals surface area contributed by atoms with Crippen LogP contribution in [0.25, 0.3) is 6.08 Å². The van der Waals surface area contributed by atoms with E-state index in [4.69, 9.17) is 14.0 Å². The van der Waals surface area contributed by atoms with Gasteiger partial charge < -0.3 is 24.2 Å². The summed E-state index contributed by atoms with van der Waals surface area (Å²) in [5.74, 6) is 1.75. The summed E-state index contributed by atoms with van der Waals surface area (Å²) in [5.41, 5.74) is 2.50. The molecule has 0 bridgehead atoms. The number of benzene rings is 1. The van der Waals surface area contributed by atoms with Crippen molar-refractivity contribution < 1.29 is 23.6 Å². The van der Waals surface area contributed by atoms with Crippen LogP contribution in [0.2, 0.25) is 0 Å². The largest absolute Gasteiger partial charge is 0.493 e. The number of likely N-dealkylation sites (tertiary alicyclic amines) is 1. The number of rotatable bonds is 9. The van der Waals surface area contributed by atoms with Gasteiger partial charge in [-0.15, -0.1) is 0 Å². The molecule has 0 saturated carbocycles. The number of aryl methyl sites for hydroxylation is 2. The Morgan fingerprint density at radius 2 is 1.91 bits per heavy atom. The minimum absolute atomic E-state index is 0.109. The van der Waals surface area contributed by atoms with E-state index in [9.17, 15) is 9.59 Å². The molecule has 1 aliphatic rings. The molecule has 8 heteroatoms. The van der Waals surface area contributed by atoms with Crippen LogP contribution in [-0.2, 0) is 16.2 Å². The van der Waals surface area contributed by atoms with E-state index in [2.05, 4.69) is 10.5 Å². The van der Waals surface area contributed by atoms with E-state index in [0.29, 0.717) is 31.1 Å². The Hall–Kier alpha value is -3.29. The van der Waals surface area contributed by atoms with E-state index in [1.165, 1.54) is 18.9 Å². The van der Waals surface area contributed by atoms with E-state index >= 15 is 0 Å². The van der Waals surface area contributed by atoms with Gasteiger partial charge in [0.1, 0.15) is 12.4 Å². The first-order valence-corrected chi connectivity index (χ1v) is 11.4. The molecule has 1 saturated heterocycles. The molecule has 1 fully saturated rings. The number of hydrogen-bond donors (Lipinski definition) is 1. The smallest absolute Gasteiger partial charge is 0.244 e. The summed E-state index contributed by atoms with van der Waals surface area (Å²) in [5, 5.41) is 6.71. The molecule has 2 heterocycles. The van der Waals surface area contributed by atoms with Crippen LogP contribution in [0.4, 0.5) is 0 Å². The highest BCUT2D eigenvalue weighted by molar-refractivity contribution is 5.92. The predicted octanol–water partition coefficient (Wildman–Crippen LogP) is 3.80. The summed E-state index contributed by atoms with van der Waals surface area (Å²) < 4.78 is 16.5. The van der Waals surface area contributed by atoms with Crippen LogP contribution in [-0.4, -0.2) is 48.6 Å². The summed E-state index contributed by atoms with van der Waals surface area (Å²) in [7, 11) is 1.57. The molecule has 0 unspecified atom stereocenters.